The van der Waals surface area contributed by atoms with Gasteiger partial charge in [0.15, 0.2) is 0 Å². The summed E-state index contributed by atoms with van der Waals surface area (Å²) in [6.45, 7) is 2.24. The molecular formula is C10H17NO3S. The van der Waals surface area contributed by atoms with Gasteiger partial charge in [-0.25, -0.2) is 8.42 Å². The maximum Gasteiger partial charge on any atom is 0.150 e. The summed E-state index contributed by atoms with van der Waals surface area (Å²) in [6.07, 6.45) is 2.21. The zero-order valence-corrected chi connectivity index (χ0v) is 10.2. The molecule has 0 N–H and O–H groups in total. The van der Waals surface area contributed by atoms with Crippen LogP contribution in [0.1, 0.15) is 19.8 Å². The standard InChI is InChI=1S/C10H17NO3S/c1-8-4-9(15(3,12)13)5-10(8,6-11)7-14-2/h8-9H,4-5,7H2,1-3H3/t8-,9-,10-/m1/s1. The van der Waals surface area contributed by atoms with Crippen molar-refractivity contribution >= 4 is 9.84 Å². The van der Waals surface area contributed by atoms with Crippen molar-refractivity contribution in [1.29, 1.82) is 5.26 Å². The third-order valence-corrected chi connectivity index (χ3v) is 4.95. The summed E-state index contributed by atoms with van der Waals surface area (Å²) in [6, 6.07) is 2.24. The molecule has 0 heterocycles. The molecule has 86 valence electrons. The molecule has 0 aliphatic heterocycles. The average Bonchev–Trinajstić information content (AvgIpc) is 2.45. The second-order valence-electron chi connectivity index (χ2n) is 4.49. The zero-order valence-electron chi connectivity index (χ0n) is 9.36. The topological polar surface area (TPSA) is 67.2 Å². The normalized spacial score (nSPS) is 36.4. The monoisotopic (exact) mass is 231 g/mol. The molecule has 0 saturated heterocycles. The Labute approximate surface area is 91.1 Å². The molecule has 1 aliphatic rings. The van der Waals surface area contributed by atoms with Crippen LogP contribution >= 0.6 is 0 Å². The van der Waals surface area contributed by atoms with Gasteiger partial charge in [0.05, 0.1) is 23.3 Å². The van der Waals surface area contributed by atoms with Crippen LogP contribution in [0.5, 0.6) is 0 Å². The van der Waals surface area contributed by atoms with Crippen molar-refractivity contribution in [1.82, 2.24) is 0 Å². The molecule has 0 bridgehead atoms. The number of ether oxygens (including phenoxy) is 1. The first-order valence-corrected chi connectivity index (χ1v) is 6.90. The molecule has 15 heavy (non-hydrogen) atoms. The van der Waals surface area contributed by atoms with Crippen molar-refractivity contribution in [2.75, 3.05) is 20.0 Å². The lowest BCUT2D eigenvalue weighted by molar-refractivity contribution is 0.0951. The molecule has 4 nitrogen and oxygen atoms in total. The van der Waals surface area contributed by atoms with Crippen LogP contribution in [0, 0.1) is 22.7 Å². The molecule has 1 saturated carbocycles. The van der Waals surface area contributed by atoms with Gasteiger partial charge >= 0.3 is 0 Å². The highest BCUT2D eigenvalue weighted by Gasteiger charge is 2.48. The first-order valence-electron chi connectivity index (χ1n) is 4.95. The van der Waals surface area contributed by atoms with E-state index in [2.05, 4.69) is 6.07 Å². The van der Waals surface area contributed by atoms with Crippen molar-refractivity contribution < 1.29 is 13.2 Å². The number of nitrogens with zero attached hydrogens (tertiary/aromatic N) is 1. The van der Waals surface area contributed by atoms with Gasteiger partial charge in [-0.05, 0) is 18.8 Å². The Balaban J connectivity index is 2.93. The van der Waals surface area contributed by atoms with E-state index in [1.165, 1.54) is 6.26 Å². The van der Waals surface area contributed by atoms with Crippen LogP contribution in [0.4, 0.5) is 0 Å². The smallest absolute Gasteiger partial charge is 0.150 e. The van der Waals surface area contributed by atoms with Gasteiger partial charge < -0.3 is 4.74 Å². The minimum Gasteiger partial charge on any atom is -0.383 e. The molecule has 0 aromatic carbocycles. The van der Waals surface area contributed by atoms with E-state index in [0.29, 0.717) is 19.4 Å². The quantitative estimate of drug-likeness (QED) is 0.726. The predicted molar refractivity (Wildman–Crippen MR) is 57.0 cm³/mol. The Hall–Kier alpha value is -0.600. The van der Waals surface area contributed by atoms with Gasteiger partial charge in [-0.15, -0.1) is 0 Å². The second-order valence-corrected chi connectivity index (χ2v) is 6.82. The summed E-state index contributed by atoms with van der Waals surface area (Å²) in [4.78, 5) is 0. The van der Waals surface area contributed by atoms with Crippen LogP contribution in [0.2, 0.25) is 0 Å². The van der Waals surface area contributed by atoms with Gasteiger partial charge in [0.1, 0.15) is 9.84 Å². The van der Waals surface area contributed by atoms with Crippen molar-refractivity contribution in [3.05, 3.63) is 0 Å². The number of methoxy groups -OCH3 is 1. The van der Waals surface area contributed by atoms with Crippen LogP contribution in [-0.2, 0) is 14.6 Å². The molecule has 0 amide bonds. The van der Waals surface area contributed by atoms with Crippen LogP contribution in [0.3, 0.4) is 0 Å². The molecule has 5 heteroatoms. The summed E-state index contributed by atoms with van der Waals surface area (Å²) < 4.78 is 27.9. The lowest BCUT2D eigenvalue weighted by atomic mass is 9.81. The van der Waals surface area contributed by atoms with Crippen molar-refractivity contribution in [2.24, 2.45) is 11.3 Å². The second kappa shape index (κ2) is 4.11. The van der Waals surface area contributed by atoms with Crippen LogP contribution in [-0.4, -0.2) is 33.6 Å². The van der Waals surface area contributed by atoms with E-state index in [-0.39, 0.29) is 11.2 Å². The lowest BCUT2D eigenvalue weighted by Gasteiger charge is -2.24. The average molecular weight is 231 g/mol. The SMILES string of the molecule is COC[C@]1(C#N)C[C@H](S(C)(=O)=O)C[C@H]1C. The summed E-state index contributed by atoms with van der Waals surface area (Å²) in [7, 11) is -1.50. The molecule has 1 fully saturated rings. The highest BCUT2D eigenvalue weighted by molar-refractivity contribution is 7.91. The van der Waals surface area contributed by atoms with Crippen LogP contribution in [0.15, 0.2) is 0 Å². The Kier molecular flexibility index (Phi) is 3.41. The number of hydrogen-bond acceptors (Lipinski definition) is 4. The molecular weight excluding hydrogens is 214 g/mol. The number of nitriles is 1. The highest BCUT2D eigenvalue weighted by Crippen LogP contribution is 2.45. The Bertz CT molecular complexity index is 371. The van der Waals surface area contributed by atoms with Crippen LogP contribution in [0.25, 0.3) is 0 Å². The summed E-state index contributed by atoms with van der Waals surface area (Å²) in [5, 5.41) is 8.79. The highest BCUT2D eigenvalue weighted by atomic mass is 32.2. The molecule has 0 spiro atoms. The van der Waals surface area contributed by atoms with Gasteiger partial charge in [0.25, 0.3) is 0 Å². The first kappa shape index (κ1) is 12.5. The van der Waals surface area contributed by atoms with Gasteiger partial charge in [0.2, 0.25) is 0 Å². The maximum absolute atomic E-state index is 11.4. The molecule has 0 aromatic heterocycles. The minimum absolute atomic E-state index is 0.0715. The summed E-state index contributed by atoms with van der Waals surface area (Å²) in [5.74, 6) is 0.0715. The number of sulfone groups is 1. The minimum atomic E-state index is -3.04. The van der Waals surface area contributed by atoms with Gasteiger partial charge in [-0.2, -0.15) is 5.26 Å². The fourth-order valence-electron chi connectivity index (χ4n) is 2.28. The van der Waals surface area contributed by atoms with Crippen LogP contribution < -0.4 is 0 Å². The van der Waals surface area contributed by atoms with Crippen molar-refractivity contribution in [3.8, 4) is 6.07 Å². The van der Waals surface area contributed by atoms with Gasteiger partial charge in [0, 0.05) is 13.4 Å². The van der Waals surface area contributed by atoms with E-state index in [4.69, 9.17) is 4.74 Å². The predicted octanol–water partition coefficient (Wildman–Crippen LogP) is 0.986. The molecule has 0 unspecified atom stereocenters. The molecule has 0 radical (unpaired) electrons. The van der Waals surface area contributed by atoms with E-state index in [1.807, 2.05) is 6.92 Å². The van der Waals surface area contributed by atoms with Gasteiger partial charge in [-0.3, -0.25) is 0 Å². The van der Waals surface area contributed by atoms with E-state index in [1.54, 1.807) is 7.11 Å². The molecule has 3 atom stereocenters. The molecule has 1 aliphatic carbocycles. The Morgan fingerprint density at radius 1 is 1.60 bits per heavy atom. The Morgan fingerprint density at radius 3 is 2.53 bits per heavy atom. The number of rotatable bonds is 3. The lowest BCUT2D eigenvalue weighted by Crippen LogP contribution is -2.28. The van der Waals surface area contributed by atoms with Crippen molar-refractivity contribution in [3.63, 3.8) is 0 Å². The van der Waals surface area contributed by atoms with E-state index >= 15 is 0 Å². The molecule has 0 aromatic rings. The summed E-state index contributed by atoms with van der Waals surface area (Å²) in [5.41, 5.74) is -0.623. The van der Waals surface area contributed by atoms with Crippen molar-refractivity contribution in [2.45, 2.75) is 25.0 Å². The fourth-order valence-corrected chi connectivity index (χ4v) is 3.52. The maximum atomic E-state index is 11.4. The molecule has 1 rings (SSSR count). The number of hydrogen-bond donors (Lipinski definition) is 0. The first-order chi connectivity index (χ1) is 6.85. The third-order valence-electron chi connectivity index (χ3n) is 3.38. The zero-order chi connectivity index (χ0) is 11.7. The largest absolute Gasteiger partial charge is 0.383 e. The Morgan fingerprint density at radius 2 is 2.20 bits per heavy atom. The van der Waals surface area contributed by atoms with E-state index < -0.39 is 15.3 Å². The summed E-state index contributed by atoms with van der Waals surface area (Å²) >= 11 is 0. The van der Waals surface area contributed by atoms with E-state index in [9.17, 15) is 13.7 Å². The fraction of sp³-hybridized carbons (Fsp3) is 0.900. The van der Waals surface area contributed by atoms with E-state index in [0.717, 1.165) is 0 Å². The third kappa shape index (κ3) is 2.32. The van der Waals surface area contributed by atoms with Gasteiger partial charge in [-0.1, -0.05) is 6.92 Å².